The molecule has 0 fully saturated rings. The fourth-order valence-corrected chi connectivity index (χ4v) is 3.10. The average Bonchev–Trinajstić information content (AvgIpc) is 2.97. The number of hydrogen-bond acceptors (Lipinski definition) is 5. The van der Waals surface area contributed by atoms with Crippen molar-refractivity contribution in [2.75, 3.05) is 25.5 Å². The van der Waals surface area contributed by atoms with Crippen LogP contribution in [0.4, 0.5) is 0 Å². The molecular weight excluding hydrogens is 348 g/mol. The molecule has 0 saturated heterocycles. The van der Waals surface area contributed by atoms with Gasteiger partial charge in [-0.1, -0.05) is 49.9 Å². The van der Waals surface area contributed by atoms with E-state index in [1.54, 1.807) is 0 Å². The zero-order valence-corrected chi connectivity index (χ0v) is 16.8. The molecule has 0 bridgehead atoms. The van der Waals surface area contributed by atoms with E-state index in [4.69, 9.17) is 4.74 Å². The minimum atomic E-state index is -0.0251. The predicted octanol–water partition coefficient (Wildman–Crippen LogP) is 3.06. The van der Waals surface area contributed by atoms with Gasteiger partial charge in [-0.2, -0.15) is 0 Å². The summed E-state index contributed by atoms with van der Waals surface area (Å²) >= 11 is 1.39. The van der Waals surface area contributed by atoms with Crippen LogP contribution < -0.4 is 5.32 Å². The number of carbonyl (C=O) groups excluding carboxylic acids is 1. The summed E-state index contributed by atoms with van der Waals surface area (Å²) in [6, 6.07) is 8.07. The summed E-state index contributed by atoms with van der Waals surface area (Å²) in [5.41, 5.74) is 2.20. The summed E-state index contributed by atoms with van der Waals surface area (Å²) in [6.45, 7) is 8.20. The first-order chi connectivity index (χ1) is 12.5. The summed E-state index contributed by atoms with van der Waals surface area (Å²) in [7, 11) is 1.92. The van der Waals surface area contributed by atoms with Crippen LogP contribution in [0.25, 0.3) is 11.4 Å². The van der Waals surface area contributed by atoms with Crippen LogP contribution in [0, 0.1) is 12.8 Å². The number of rotatable bonds is 10. The highest BCUT2D eigenvalue weighted by Crippen LogP contribution is 2.24. The lowest BCUT2D eigenvalue weighted by Crippen LogP contribution is -2.29. The van der Waals surface area contributed by atoms with Crippen LogP contribution in [0.1, 0.15) is 25.8 Å². The SMILES string of the molecule is Cc1ccccc1-c1nnc(SCC(=O)NCCOCCC(C)C)n1C. The van der Waals surface area contributed by atoms with Crippen LogP contribution in [-0.2, 0) is 16.6 Å². The van der Waals surface area contributed by atoms with Crippen molar-refractivity contribution in [2.45, 2.75) is 32.3 Å². The summed E-state index contributed by atoms with van der Waals surface area (Å²) in [4.78, 5) is 12.0. The highest BCUT2D eigenvalue weighted by molar-refractivity contribution is 7.99. The van der Waals surface area contributed by atoms with Gasteiger partial charge >= 0.3 is 0 Å². The van der Waals surface area contributed by atoms with Gasteiger partial charge in [0.2, 0.25) is 5.91 Å². The van der Waals surface area contributed by atoms with E-state index in [0.29, 0.717) is 24.8 Å². The molecule has 0 radical (unpaired) electrons. The topological polar surface area (TPSA) is 69.0 Å². The first-order valence-electron chi connectivity index (χ1n) is 8.91. The van der Waals surface area contributed by atoms with Crippen LogP contribution >= 0.6 is 11.8 Å². The van der Waals surface area contributed by atoms with Crippen molar-refractivity contribution in [1.29, 1.82) is 0 Å². The molecule has 142 valence electrons. The lowest BCUT2D eigenvalue weighted by molar-refractivity contribution is -0.118. The smallest absolute Gasteiger partial charge is 0.230 e. The molecule has 0 aliphatic heterocycles. The van der Waals surface area contributed by atoms with Gasteiger partial charge in [0.05, 0.1) is 12.4 Å². The Morgan fingerprint density at radius 1 is 1.27 bits per heavy atom. The summed E-state index contributed by atoms with van der Waals surface area (Å²) in [5, 5.41) is 12.1. The van der Waals surface area contributed by atoms with Gasteiger partial charge in [0, 0.05) is 25.8 Å². The van der Waals surface area contributed by atoms with Gasteiger partial charge in [0.25, 0.3) is 0 Å². The largest absolute Gasteiger partial charge is 0.380 e. The number of thioether (sulfide) groups is 1. The third-order valence-electron chi connectivity index (χ3n) is 3.96. The molecule has 1 amide bonds. The van der Waals surface area contributed by atoms with Gasteiger partial charge in [0.15, 0.2) is 11.0 Å². The number of ether oxygens (including phenoxy) is 1. The van der Waals surface area contributed by atoms with Crippen LogP contribution in [0.3, 0.4) is 0 Å². The number of nitrogens with zero attached hydrogens (tertiary/aromatic N) is 3. The molecule has 2 aromatic rings. The second-order valence-electron chi connectivity index (χ2n) is 6.61. The number of amides is 1. The zero-order valence-electron chi connectivity index (χ0n) is 16.0. The maximum absolute atomic E-state index is 12.0. The fraction of sp³-hybridized carbons (Fsp3) is 0.526. The van der Waals surface area contributed by atoms with Crippen molar-refractivity contribution < 1.29 is 9.53 Å². The minimum absolute atomic E-state index is 0.0251. The van der Waals surface area contributed by atoms with Gasteiger partial charge in [-0.25, -0.2) is 0 Å². The maximum atomic E-state index is 12.0. The van der Waals surface area contributed by atoms with Crippen molar-refractivity contribution in [3.8, 4) is 11.4 Å². The molecule has 26 heavy (non-hydrogen) atoms. The van der Waals surface area contributed by atoms with E-state index < -0.39 is 0 Å². The van der Waals surface area contributed by atoms with Crippen LogP contribution in [-0.4, -0.2) is 46.2 Å². The van der Waals surface area contributed by atoms with Crippen molar-refractivity contribution in [3.63, 3.8) is 0 Å². The molecular formula is C19H28N4O2S. The third kappa shape index (κ3) is 6.14. The van der Waals surface area contributed by atoms with Crippen LogP contribution in [0.2, 0.25) is 0 Å². The molecule has 7 heteroatoms. The van der Waals surface area contributed by atoms with Gasteiger partial charge in [-0.3, -0.25) is 4.79 Å². The monoisotopic (exact) mass is 376 g/mol. The predicted molar refractivity (Wildman–Crippen MR) is 105 cm³/mol. The van der Waals surface area contributed by atoms with E-state index in [2.05, 4.69) is 29.4 Å². The minimum Gasteiger partial charge on any atom is -0.380 e. The Kier molecular flexibility index (Phi) is 8.12. The average molecular weight is 377 g/mol. The Morgan fingerprint density at radius 2 is 2.04 bits per heavy atom. The number of hydrogen-bond donors (Lipinski definition) is 1. The number of benzene rings is 1. The number of carbonyl (C=O) groups is 1. The van der Waals surface area contributed by atoms with Crippen molar-refractivity contribution in [1.82, 2.24) is 20.1 Å². The third-order valence-corrected chi connectivity index (χ3v) is 4.98. The molecule has 6 nitrogen and oxygen atoms in total. The molecule has 0 spiro atoms. The van der Waals surface area contributed by atoms with Crippen LogP contribution in [0.15, 0.2) is 29.4 Å². The second-order valence-corrected chi connectivity index (χ2v) is 7.56. The number of aromatic nitrogens is 3. The highest BCUT2D eigenvalue weighted by Gasteiger charge is 2.14. The van der Waals surface area contributed by atoms with E-state index in [-0.39, 0.29) is 5.91 Å². The van der Waals surface area contributed by atoms with E-state index >= 15 is 0 Å². The van der Waals surface area contributed by atoms with E-state index in [1.807, 2.05) is 42.8 Å². The Morgan fingerprint density at radius 3 is 2.77 bits per heavy atom. The van der Waals surface area contributed by atoms with Crippen molar-refractivity contribution in [2.24, 2.45) is 13.0 Å². The Labute approximate surface area is 159 Å². The standard InChI is InChI=1S/C19H28N4O2S/c1-14(2)9-11-25-12-10-20-17(24)13-26-19-22-21-18(23(19)4)16-8-6-5-7-15(16)3/h5-8,14H,9-13H2,1-4H3,(H,20,24). The normalized spacial score (nSPS) is 11.1. The summed E-state index contributed by atoms with van der Waals surface area (Å²) < 4.78 is 7.42. The Bertz CT molecular complexity index is 715. The quantitative estimate of drug-likeness (QED) is 0.510. The zero-order chi connectivity index (χ0) is 18.9. The molecule has 0 unspecified atom stereocenters. The summed E-state index contributed by atoms with van der Waals surface area (Å²) in [5.74, 6) is 1.73. The molecule has 1 heterocycles. The van der Waals surface area contributed by atoms with Gasteiger partial charge in [0.1, 0.15) is 0 Å². The van der Waals surface area contributed by atoms with Crippen LogP contribution in [0.5, 0.6) is 0 Å². The van der Waals surface area contributed by atoms with Crippen molar-refractivity contribution >= 4 is 17.7 Å². The molecule has 2 rings (SSSR count). The lowest BCUT2D eigenvalue weighted by Gasteiger charge is -2.08. The lowest BCUT2D eigenvalue weighted by atomic mass is 10.1. The molecule has 1 N–H and O–H groups in total. The van der Waals surface area contributed by atoms with Gasteiger partial charge in [-0.05, 0) is 24.8 Å². The van der Waals surface area contributed by atoms with Crippen molar-refractivity contribution in [3.05, 3.63) is 29.8 Å². The molecule has 1 aromatic heterocycles. The molecule has 0 aliphatic carbocycles. The Balaban J connectivity index is 1.76. The molecule has 1 aromatic carbocycles. The van der Waals surface area contributed by atoms with E-state index in [9.17, 15) is 4.79 Å². The number of nitrogens with one attached hydrogen (secondary N) is 1. The first kappa shape index (κ1) is 20.5. The van der Waals surface area contributed by atoms with E-state index in [0.717, 1.165) is 35.1 Å². The number of aryl methyl sites for hydroxylation is 1. The van der Waals surface area contributed by atoms with Gasteiger partial charge < -0.3 is 14.6 Å². The second kappa shape index (κ2) is 10.3. The first-order valence-corrected chi connectivity index (χ1v) is 9.90. The Hall–Kier alpha value is -1.86. The highest BCUT2D eigenvalue weighted by atomic mass is 32.2. The molecule has 0 atom stereocenters. The molecule has 0 saturated carbocycles. The summed E-state index contributed by atoms with van der Waals surface area (Å²) in [6.07, 6.45) is 1.04. The van der Waals surface area contributed by atoms with E-state index in [1.165, 1.54) is 11.8 Å². The van der Waals surface area contributed by atoms with Gasteiger partial charge in [-0.15, -0.1) is 10.2 Å². The maximum Gasteiger partial charge on any atom is 0.230 e. The molecule has 0 aliphatic rings. The fourth-order valence-electron chi connectivity index (χ4n) is 2.36.